The molecule has 12 rings (SSSR count). The number of piperidine rings is 1. The Morgan fingerprint density at radius 2 is 0.667 bits per heavy atom. The average Bonchev–Trinajstić information content (AvgIpc) is 0.822. The number of likely N-dealkylation sites (tertiary alicyclic amines) is 1. The molecule has 3 aliphatic heterocycles. The number of carbonyl (C=O) groups excluding carboxylic acids is 6. The van der Waals surface area contributed by atoms with E-state index in [9.17, 15) is 55.1 Å². The van der Waals surface area contributed by atoms with E-state index in [4.69, 9.17) is 21.0 Å². The Morgan fingerprint density at radius 3 is 0.971 bits per heavy atom. The van der Waals surface area contributed by atoms with E-state index in [1.54, 1.807) is 53.1 Å². The molecule has 3 aliphatic rings. The van der Waals surface area contributed by atoms with Crippen molar-refractivity contribution in [3.8, 4) is 0 Å². The Labute approximate surface area is 626 Å². The molecule has 3 aromatic heterocycles. The molecule has 0 radical (unpaired) electrons. The molecule has 6 heterocycles. The SMILES string of the molecule is N=C(c1ccc(C(=O)Nc2ccc(F)cc2C(=O)Nc2ccc(Br)cn2)c(F)c1)N1CCCCC1.N=C(c1ccc(C(=O)Nc2ccc(F)cc2C(=O)Nc2ccc(Br)cn2)c(F)c1)N1CCOCC1.N=C(c1ccc(C(=O)Nc2ccc(F)cc2C(=O)Nc2ccc(Br)cn2)c(F)c1)N1CCSCC1. The predicted octanol–water partition coefficient (Wildman–Crippen LogP) is 14.7. The van der Waals surface area contributed by atoms with Crippen LogP contribution in [0.3, 0.4) is 0 Å². The Bertz CT molecular complexity index is 4320. The van der Waals surface area contributed by atoms with Crippen molar-refractivity contribution >= 4 is 147 Å². The third-order valence-electron chi connectivity index (χ3n) is 16.1. The molecule has 32 heteroatoms. The summed E-state index contributed by atoms with van der Waals surface area (Å²) in [5, 5.41) is 40.0. The van der Waals surface area contributed by atoms with Crippen molar-refractivity contribution in [1.29, 1.82) is 16.2 Å². The van der Waals surface area contributed by atoms with Crippen molar-refractivity contribution in [2.45, 2.75) is 19.3 Å². The van der Waals surface area contributed by atoms with Gasteiger partial charge < -0.3 is 51.3 Å². The van der Waals surface area contributed by atoms with Gasteiger partial charge in [-0.2, -0.15) is 11.8 Å². The number of benzene rings is 6. The van der Waals surface area contributed by atoms with Crippen molar-refractivity contribution in [1.82, 2.24) is 29.7 Å². The molecule has 0 unspecified atom stereocenters. The van der Waals surface area contributed by atoms with Gasteiger partial charge in [0.05, 0.1) is 63.7 Å². The minimum absolute atomic E-state index is 0.00412. The average molecular weight is 1650 g/mol. The van der Waals surface area contributed by atoms with E-state index in [1.807, 2.05) is 9.80 Å². The number of rotatable bonds is 15. The molecule has 0 aliphatic carbocycles. The molecule has 9 N–H and O–H groups in total. The first kappa shape index (κ1) is 77.0. The molecule has 6 amide bonds. The van der Waals surface area contributed by atoms with Crippen molar-refractivity contribution in [2.24, 2.45) is 0 Å². The minimum Gasteiger partial charge on any atom is -0.378 e. The molecule has 3 fully saturated rings. The third kappa shape index (κ3) is 20.8. The van der Waals surface area contributed by atoms with Gasteiger partial charge in [0.1, 0.15) is 69.9 Å². The van der Waals surface area contributed by atoms with Crippen LogP contribution in [0.4, 0.5) is 60.9 Å². The number of nitrogens with one attached hydrogen (secondary N) is 9. The normalized spacial score (nSPS) is 13.3. The van der Waals surface area contributed by atoms with Gasteiger partial charge in [0.25, 0.3) is 35.4 Å². The zero-order chi connectivity index (χ0) is 74.8. The van der Waals surface area contributed by atoms with E-state index in [0.717, 1.165) is 98.5 Å². The maximum absolute atomic E-state index is 14.8. The monoisotopic (exact) mass is 1640 g/mol. The molecule has 0 atom stereocenters. The Morgan fingerprint density at radius 1 is 0.362 bits per heavy atom. The Balaban J connectivity index is 0.000000169. The summed E-state index contributed by atoms with van der Waals surface area (Å²) >= 11 is 11.5. The van der Waals surface area contributed by atoms with E-state index in [-0.39, 0.29) is 85.4 Å². The Kier molecular flexibility index (Phi) is 26.5. The molecular weight excluding hydrogens is 1580 g/mol. The number of anilines is 6. The van der Waals surface area contributed by atoms with Gasteiger partial charge in [-0.15, -0.1) is 0 Å². The van der Waals surface area contributed by atoms with Crippen LogP contribution in [-0.2, 0) is 4.74 Å². The number of amidine groups is 3. The van der Waals surface area contributed by atoms with Crippen LogP contribution in [0.15, 0.2) is 178 Å². The number of halogens is 9. The van der Waals surface area contributed by atoms with E-state index < -0.39 is 70.3 Å². The highest BCUT2D eigenvalue weighted by atomic mass is 79.9. The predicted molar refractivity (Wildman–Crippen MR) is 399 cm³/mol. The smallest absolute Gasteiger partial charge is 0.259 e. The molecule has 0 spiro atoms. The second-order valence-electron chi connectivity index (χ2n) is 23.3. The Hall–Kier alpha value is -10.7. The maximum Gasteiger partial charge on any atom is 0.259 e. The topological polar surface area (TPSA) is 304 Å². The highest BCUT2D eigenvalue weighted by Gasteiger charge is 2.26. The molecule has 3 saturated heterocycles. The fourth-order valence-corrected chi connectivity index (χ4v) is 12.3. The first-order chi connectivity index (χ1) is 50.4. The number of thioether (sulfide) groups is 1. The fraction of sp³-hybridized carbons (Fsp3) is 0.178. The minimum atomic E-state index is -0.829. The van der Waals surface area contributed by atoms with Crippen molar-refractivity contribution in [3.63, 3.8) is 0 Å². The van der Waals surface area contributed by atoms with Gasteiger partial charge in [-0.05, 0) is 194 Å². The van der Waals surface area contributed by atoms with Gasteiger partial charge in [0.2, 0.25) is 0 Å². The van der Waals surface area contributed by atoms with Crippen molar-refractivity contribution < 1.29 is 59.8 Å². The van der Waals surface area contributed by atoms with Crippen LogP contribution < -0.4 is 31.9 Å². The van der Waals surface area contributed by atoms with E-state index in [0.29, 0.717) is 69.5 Å². The molecule has 0 saturated carbocycles. The van der Waals surface area contributed by atoms with Gasteiger partial charge in [-0.1, -0.05) is 18.2 Å². The lowest BCUT2D eigenvalue weighted by molar-refractivity contribution is 0.0679. The first-order valence-corrected chi connectivity index (χ1v) is 35.7. The summed E-state index contributed by atoms with van der Waals surface area (Å²) in [6, 6.07) is 31.3. The van der Waals surface area contributed by atoms with Crippen LogP contribution in [0, 0.1) is 51.1 Å². The molecule has 105 heavy (non-hydrogen) atoms. The second kappa shape index (κ2) is 36.2. The number of pyridine rings is 3. The lowest BCUT2D eigenvalue weighted by Crippen LogP contribution is -2.40. The highest BCUT2D eigenvalue weighted by Crippen LogP contribution is 2.27. The van der Waals surface area contributed by atoms with Crippen LogP contribution in [0.5, 0.6) is 0 Å². The summed E-state index contributed by atoms with van der Waals surface area (Å²) in [4.78, 5) is 94.3. The van der Waals surface area contributed by atoms with Crippen molar-refractivity contribution in [3.05, 3.63) is 263 Å². The summed E-state index contributed by atoms with van der Waals surface area (Å²) in [5.41, 5.74) is -0.171. The van der Waals surface area contributed by atoms with Crippen LogP contribution in [-0.4, -0.2) is 147 Å². The molecule has 6 aromatic carbocycles. The number of hydrogen-bond donors (Lipinski definition) is 9. The van der Waals surface area contributed by atoms with Crippen LogP contribution in [0.2, 0.25) is 0 Å². The van der Waals surface area contributed by atoms with Gasteiger partial charge in [0.15, 0.2) is 0 Å². The number of carbonyl (C=O) groups is 6. The van der Waals surface area contributed by atoms with Gasteiger partial charge in [-0.25, -0.2) is 41.3 Å². The molecule has 22 nitrogen and oxygen atoms in total. The summed E-state index contributed by atoms with van der Waals surface area (Å²) in [6.07, 6.45) is 7.53. The quantitative estimate of drug-likeness (QED) is 0.0262. The lowest BCUT2D eigenvalue weighted by Gasteiger charge is -2.29. The molecule has 0 bridgehead atoms. The number of amides is 6. The largest absolute Gasteiger partial charge is 0.378 e. The van der Waals surface area contributed by atoms with Crippen LogP contribution >= 0.6 is 59.6 Å². The number of hydrogen-bond acceptors (Lipinski definition) is 14. The van der Waals surface area contributed by atoms with Crippen LogP contribution in [0.25, 0.3) is 0 Å². The van der Waals surface area contributed by atoms with Crippen molar-refractivity contribution in [2.75, 3.05) is 95.9 Å². The van der Waals surface area contributed by atoms with Gasteiger partial charge >= 0.3 is 0 Å². The van der Waals surface area contributed by atoms with Gasteiger partial charge in [0, 0.05) is 99.5 Å². The summed E-state index contributed by atoms with van der Waals surface area (Å²) < 4.78 is 93.6. The number of nitrogens with zero attached hydrogens (tertiary/aromatic N) is 6. The maximum atomic E-state index is 14.8. The first-order valence-electron chi connectivity index (χ1n) is 32.1. The zero-order valence-electron chi connectivity index (χ0n) is 55.1. The van der Waals surface area contributed by atoms with Crippen LogP contribution in [0.1, 0.15) is 98.1 Å². The fourth-order valence-electron chi connectivity index (χ4n) is 10.7. The molecule has 9 aromatic rings. The lowest BCUT2D eigenvalue weighted by atomic mass is 10.1. The number of aromatic nitrogens is 3. The van der Waals surface area contributed by atoms with Gasteiger partial charge in [-0.3, -0.25) is 45.0 Å². The number of ether oxygens (including phenoxy) is 1. The van der Waals surface area contributed by atoms with E-state index in [2.05, 4.69) is 94.6 Å². The molecular formula is C73H62Br3F6N15O7S. The van der Waals surface area contributed by atoms with E-state index in [1.165, 1.54) is 73.2 Å². The van der Waals surface area contributed by atoms with E-state index >= 15 is 0 Å². The second-order valence-corrected chi connectivity index (χ2v) is 27.2. The summed E-state index contributed by atoms with van der Waals surface area (Å²) in [5.74, 6) is -5.95. The highest BCUT2D eigenvalue weighted by molar-refractivity contribution is 9.11. The molecule has 540 valence electrons. The standard InChI is InChI=1S/C25H22BrF2N5O2.C24H20BrF2N5O3.C24H20BrF2N5O2S/c26-16-5-9-22(30-14-16)32-25(35)19-13-17(27)6-8-21(19)31-24(34)18-7-4-15(12-20(18)28)23(29)33-10-2-1-3-11-33;2*25-15-2-6-21(29-13-15)31-24(34)18-12-16(26)3-5-20(18)30-23(33)17-4-1-14(11-19(17)27)22(28)32-7-9-35-10-8-32/h4-9,12-14,29H,1-3,10-11H2,(H,31,34)(H,30,32,35);2*1-6,11-13,28H,7-10H2,(H,30,33)(H,29,31,34). The summed E-state index contributed by atoms with van der Waals surface area (Å²) in [6.45, 7) is 4.91. The third-order valence-corrected chi connectivity index (χ3v) is 18.5. The zero-order valence-corrected chi connectivity index (χ0v) is 60.7. The summed E-state index contributed by atoms with van der Waals surface area (Å²) in [7, 11) is 0. The number of morpholine rings is 1.